The van der Waals surface area contributed by atoms with E-state index in [0.29, 0.717) is 28.4 Å². The third-order valence-corrected chi connectivity index (χ3v) is 3.70. The second-order valence-electron chi connectivity index (χ2n) is 4.82. The van der Waals surface area contributed by atoms with Gasteiger partial charge in [0.1, 0.15) is 17.2 Å². The molecule has 22 heavy (non-hydrogen) atoms. The van der Waals surface area contributed by atoms with Crippen molar-refractivity contribution in [1.82, 2.24) is 0 Å². The lowest BCUT2D eigenvalue weighted by Crippen LogP contribution is -2.06. The van der Waals surface area contributed by atoms with Crippen molar-refractivity contribution in [3.8, 4) is 17.2 Å². The highest BCUT2D eigenvalue weighted by Crippen LogP contribution is 2.45. The Kier molecular flexibility index (Phi) is 3.63. The summed E-state index contributed by atoms with van der Waals surface area (Å²) in [6.07, 6.45) is -0.556. The molecule has 0 radical (unpaired) electrons. The molecule has 0 saturated heterocycles. The van der Waals surface area contributed by atoms with Crippen molar-refractivity contribution in [2.24, 2.45) is 0 Å². The molecule has 114 valence electrons. The Balaban J connectivity index is 2.19. The second kappa shape index (κ2) is 5.60. The number of hydrogen-bond donors (Lipinski definition) is 0. The lowest BCUT2D eigenvalue weighted by Gasteiger charge is -2.19. The van der Waals surface area contributed by atoms with Crippen molar-refractivity contribution < 1.29 is 23.7 Å². The first-order valence-electron chi connectivity index (χ1n) is 6.79. The van der Waals surface area contributed by atoms with Gasteiger partial charge in [-0.2, -0.15) is 0 Å². The van der Waals surface area contributed by atoms with Crippen LogP contribution in [-0.4, -0.2) is 27.3 Å². The normalized spacial score (nSPS) is 16.0. The number of carbonyl (C=O) groups is 1. The SMILES string of the molecule is COc1cc(OC)c(C2OC(=O)c3ccccc32)c(OC)c1. The Labute approximate surface area is 128 Å². The van der Waals surface area contributed by atoms with Gasteiger partial charge in [-0.3, -0.25) is 0 Å². The number of rotatable bonds is 4. The van der Waals surface area contributed by atoms with Crippen LogP contribution < -0.4 is 14.2 Å². The van der Waals surface area contributed by atoms with Gasteiger partial charge >= 0.3 is 5.97 Å². The van der Waals surface area contributed by atoms with E-state index in [0.717, 1.165) is 5.56 Å². The summed E-state index contributed by atoms with van der Waals surface area (Å²) in [4.78, 5) is 12.0. The van der Waals surface area contributed by atoms with Gasteiger partial charge in [0.2, 0.25) is 0 Å². The first-order chi connectivity index (χ1) is 10.7. The summed E-state index contributed by atoms with van der Waals surface area (Å²) in [7, 11) is 4.68. The monoisotopic (exact) mass is 300 g/mol. The lowest BCUT2D eigenvalue weighted by atomic mass is 9.97. The zero-order chi connectivity index (χ0) is 15.7. The highest BCUT2D eigenvalue weighted by Gasteiger charge is 2.36. The van der Waals surface area contributed by atoms with Crippen LogP contribution in [0.1, 0.15) is 27.6 Å². The number of carbonyl (C=O) groups excluding carboxylic acids is 1. The van der Waals surface area contributed by atoms with Gasteiger partial charge in [-0.15, -0.1) is 0 Å². The number of fused-ring (bicyclic) bond motifs is 1. The maximum atomic E-state index is 12.0. The Hall–Kier alpha value is -2.69. The molecule has 0 aromatic heterocycles. The summed E-state index contributed by atoms with van der Waals surface area (Å²) in [5, 5.41) is 0. The van der Waals surface area contributed by atoms with E-state index >= 15 is 0 Å². The van der Waals surface area contributed by atoms with Gasteiger partial charge in [-0.1, -0.05) is 18.2 Å². The van der Waals surface area contributed by atoms with Gasteiger partial charge in [0.15, 0.2) is 6.10 Å². The highest BCUT2D eigenvalue weighted by molar-refractivity contribution is 5.94. The zero-order valence-corrected chi connectivity index (χ0v) is 12.6. The van der Waals surface area contributed by atoms with Crippen molar-refractivity contribution in [2.45, 2.75) is 6.10 Å². The van der Waals surface area contributed by atoms with Gasteiger partial charge in [0, 0.05) is 17.7 Å². The molecule has 1 atom stereocenters. The molecule has 1 unspecified atom stereocenters. The van der Waals surface area contributed by atoms with Crippen molar-refractivity contribution in [2.75, 3.05) is 21.3 Å². The minimum Gasteiger partial charge on any atom is -0.496 e. The van der Waals surface area contributed by atoms with Crippen LogP contribution in [0, 0.1) is 0 Å². The van der Waals surface area contributed by atoms with E-state index in [1.807, 2.05) is 18.2 Å². The summed E-state index contributed by atoms with van der Waals surface area (Å²) in [5.74, 6) is 1.35. The van der Waals surface area contributed by atoms with E-state index in [4.69, 9.17) is 18.9 Å². The molecule has 0 N–H and O–H groups in total. The number of cyclic esters (lactones) is 1. The number of benzene rings is 2. The van der Waals surface area contributed by atoms with E-state index in [9.17, 15) is 4.79 Å². The average Bonchev–Trinajstić information content (AvgIpc) is 2.90. The van der Waals surface area contributed by atoms with E-state index in [2.05, 4.69) is 0 Å². The summed E-state index contributed by atoms with van der Waals surface area (Å²) in [6.45, 7) is 0. The molecule has 5 nitrogen and oxygen atoms in total. The van der Waals surface area contributed by atoms with Crippen molar-refractivity contribution in [1.29, 1.82) is 0 Å². The van der Waals surface area contributed by atoms with Gasteiger partial charge in [-0.05, 0) is 6.07 Å². The second-order valence-corrected chi connectivity index (χ2v) is 4.82. The first-order valence-corrected chi connectivity index (χ1v) is 6.79. The molecule has 0 fully saturated rings. The molecule has 5 heteroatoms. The van der Waals surface area contributed by atoms with E-state index in [1.54, 1.807) is 39.5 Å². The van der Waals surface area contributed by atoms with Crippen LogP contribution >= 0.6 is 0 Å². The Morgan fingerprint density at radius 1 is 0.955 bits per heavy atom. The van der Waals surface area contributed by atoms with E-state index < -0.39 is 6.10 Å². The van der Waals surface area contributed by atoms with Gasteiger partial charge in [0.05, 0.1) is 32.5 Å². The van der Waals surface area contributed by atoms with Gasteiger partial charge in [-0.25, -0.2) is 4.79 Å². The predicted molar refractivity (Wildman–Crippen MR) is 79.8 cm³/mol. The quantitative estimate of drug-likeness (QED) is 0.813. The number of hydrogen-bond acceptors (Lipinski definition) is 5. The third-order valence-electron chi connectivity index (χ3n) is 3.70. The van der Waals surface area contributed by atoms with E-state index in [1.165, 1.54) is 0 Å². The smallest absolute Gasteiger partial charge is 0.339 e. The summed E-state index contributed by atoms with van der Waals surface area (Å²) in [6, 6.07) is 10.8. The van der Waals surface area contributed by atoms with Crippen LogP contribution in [0.5, 0.6) is 17.2 Å². The molecular weight excluding hydrogens is 284 g/mol. The molecule has 2 aromatic rings. The molecule has 0 bridgehead atoms. The first kappa shape index (κ1) is 14.3. The molecule has 1 aliphatic heterocycles. The van der Waals surface area contributed by atoms with Crippen LogP contribution in [0.4, 0.5) is 0 Å². The molecule has 2 aromatic carbocycles. The molecule has 0 spiro atoms. The molecule has 0 saturated carbocycles. The molecule has 1 heterocycles. The topological polar surface area (TPSA) is 54.0 Å². The minimum absolute atomic E-state index is 0.347. The number of ether oxygens (including phenoxy) is 4. The Morgan fingerprint density at radius 3 is 2.18 bits per heavy atom. The summed E-state index contributed by atoms with van der Waals surface area (Å²) < 4.78 is 21.7. The third kappa shape index (κ3) is 2.15. The maximum Gasteiger partial charge on any atom is 0.339 e. The maximum absolute atomic E-state index is 12.0. The number of esters is 1. The summed E-state index contributed by atoms with van der Waals surface area (Å²) in [5.41, 5.74) is 2.03. The molecule has 0 amide bonds. The van der Waals surface area contributed by atoms with Crippen LogP contribution in [0.15, 0.2) is 36.4 Å². The molecule has 3 rings (SSSR count). The Bertz CT molecular complexity index is 698. The Morgan fingerprint density at radius 2 is 1.59 bits per heavy atom. The fraction of sp³-hybridized carbons (Fsp3) is 0.235. The average molecular weight is 300 g/mol. The standard InChI is InChI=1S/C17H16O5/c1-19-10-8-13(20-2)15(14(9-10)21-3)16-11-6-4-5-7-12(11)17(18)22-16/h4-9,16H,1-3H3. The van der Waals surface area contributed by atoms with Crippen LogP contribution in [-0.2, 0) is 4.74 Å². The van der Waals surface area contributed by atoms with Gasteiger partial charge in [0.25, 0.3) is 0 Å². The van der Waals surface area contributed by atoms with Gasteiger partial charge < -0.3 is 18.9 Å². The lowest BCUT2D eigenvalue weighted by molar-refractivity contribution is 0.0449. The fourth-order valence-corrected chi connectivity index (χ4v) is 2.65. The molecule has 1 aliphatic rings. The van der Waals surface area contributed by atoms with Crippen LogP contribution in [0.3, 0.4) is 0 Å². The van der Waals surface area contributed by atoms with Crippen LogP contribution in [0.2, 0.25) is 0 Å². The predicted octanol–water partition coefficient (Wildman–Crippen LogP) is 2.97. The largest absolute Gasteiger partial charge is 0.496 e. The highest BCUT2D eigenvalue weighted by atomic mass is 16.6. The van der Waals surface area contributed by atoms with Crippen molar-refractivity contribution in [3.63, 3.8) is 0 Å². The molecular formula is C17H16O5. The minimum atomic E-state index is -0.556. The van der Waals surface area contributed by atoms with Crippen LogP contribution in [0.25, 0.3) is 0 Å². The summed E-state index contributed by atoms with van der Waals surface area (Å²) >= 11 is 0. The zero-order valence-electron chi connectivity index (χ0n) is 12.6. The van der Waals surface area contributed by atoms with E-state index in [-0.39, 0.29) is 5.97 Å². The van der Waals surface area contributed by atoms with Crippen molar-refractivity contribution >= 4 is 5.97 Å². The number of methoxy groups -OCH3 is 3. The van der Waals surface area contributed by atoms with Crippen molar-refractivity contribution in [3.05, 3.63) is 53.1 Å². The molecule has 0 aliphatic carbocycles. The fourth-order valence-electron chi connectivity index (χ4n) is 2.65.